The molecule has 2 amide bonds. The van der Waals surface area contributed by atoms with Crippen molar-refractivity contribution in [2.75, 3.05) is 5.32 Å². The number of hydrogen-bond donors (Lipinski definition) is 2. The first-order valence-corrected chi connectivity index (χ1v) is 7.72. The topological polar surface area (TPSA) is 88.2 Å². The summed E-state index contributed by atoms with van der Waals surface area (Å²) in [5.41, 5.74) is 1.56. The Hall–Kier alpha value is -3.02. The van der Waals surface area contributed by atoms with Crippen LogP contribution in [0.2, 0.25) is 0 Å². The van der Waals surface area contributed by atoms with Crippen LogP contribution in [-0.2, 0) is 0 Å². The Balaban J connectivity index is 1.73. The molecule has 0 spiro atoms. The highest BCUT2D eigenvalue weighted by molar-refractivity contribution is 6.05. The average molecular weight is 323 g/mol. The lowest BCUT2D eigenvalue weighted by Gasteiger charge is -2.07. The second-order valence-corrected chi connectivity index (χ2v) is 5.77. The Morgan fingerprint density at radius 3 is 2.54 bits per heavy atom. The van der Waals surface area contributed by atoms with Crippen LogP contribution in [0.1, 0.15) is 51.0 Å². The lowest BCUT2D eigenvalue weighted by molar-refractivity contribution is 0.0950. The number of nitrogens with one attached hydrogen (secondary N) is 2. The number of nitrogens with zero attached hydrogens (tertiary/aromatic N) is 1. The molecule has 1 heterocycles. The summed E-state index contributed by atoms with van der Waals surface area (Å²) in [6, 6.07) is 9.94. The Bertz CT molecular complexity index is 813. The smallest absolute Gasteiger partial charge is 0.274 e. The van der Waals surface area contributed by atoms with Crippen LogP contribution in [0, 0.1) is 0 Å². The molecule has 122 valence electrons. The number of aromatic nitrogens is 1. The summed E-state index contributed by atoms with van der Waals surface area (Å²) in [5.74, 6) is -0.715. The molecule has 0 saturated heterocycles. The van der Waals surface area contributed by atoms with Crippen LogP contribution in [0.25, 0.3) is 0 Å². The van der Waals surface area contributed by atoms with Crippen molar-refractivity contribution in [3.63, 3.8) is 0 Å². The van der Waals surface area contributed by atoms with Gasteiger partial charge in [-0.25, -0.2) is 0 Å². The van der Waals surface area contributed by atoms with Crippen LogP contribution in [0.5, 0.6) is 0 Å². The third-order valence-corrected chi connectivity index (χ3v) is 3.69. The van der Waals surface area contributed by atoms with Gasteiger partial charge in [0.2, 0.25) is 0 Å². The van der Waals surface area contributed by atoms with Gasteiger partial charge in [-0.2, -0.15) is 0 Å². The first-order chi connectivity index (χ1) is 11.5. The van der Waals surface area contributed by atoms with Gasteiger partial charge < -0.3 is 10.6 Å². The van der Waals surface area contributed by atoms with E-state index in [1.165, 1.54) is 19.2 Å². The van der Waals surface area contributed by atoms with Gasteiger partial charge in [0.25, 0.3) is 11.8 Å². The third-order valence-electron chi connectivity index (χ3n) is 3.69. The van der Waals surface area contributed by atoms with Crippen molar-refractivity contribution in [2.24, 2.45) is 0 Å². The molecule has 6 nitrogen and oxygen atoms in total. The van der Waals surface area contributed by atoms with Gasteiger partial charge in [-0.1, -0.05) is 12.1 Å². The zero-order chi connectivity index (χ0) is 17.1. The van der Waals surface area contributed by atoms with E-state index in [4.69, 9.17) is 0 Å². The van der Waals surface area contributed by atoms with Crippen LogP contribution >= 0.6 is 0 Å². The highest BCUT2D eigenvalue weighted by Gasteiger charge is 2.24. The maximum Gasteiger partial charge on any atom is 0.274 e. The second kappa shape index (κ2) is 6.62. The summed E-state index contributed by atoms with van der Waals surface area (Å²) in [4.78, 5) is 39.8. The molecular formula is C18H17N3O3. The predicted octanol–water partition coefficient (Wildman–Crippen LogP) is 2.43. The van der Waals surface area contributed by atoms with Crippen molar-refractivity contribution >= 4 is 23.3 Å². The lowest BCUT2D eigenvalue weighted by atomic mass is 10.1. The fraction of sp³-hybridized carbons (Fsp3) is 0.222. The highest BCUT2D eigenvalue weighted by atomic mass is 16.2. The second-order valence-electron chi connectivity index (χ2n) is 5.77. The fourth-order valence-corrected chi connectivity index (χ4v) is 2.20. The summed E-state index contributed by atoms with van der Waals surface area (Å²) in [5, 5.41) is 5.56. The van der Waals surface area contributed by atoms with Crippen molar-refractivity contribution in [1.29, 1.82) is 0 Å². The summed E-state index contributed by atoms with van der Waals surface area (Å²) in [6.45, 7) is 1.46. The molecule has 2 N–H and O–H groups in total. The van der Waals surface area contributed by atoms with Gasteiger partial charge in [0, 0.05) is 29.1 Å². The molecule has 3 rings (SSSR count). The number of carbonyl (C=O) groups excluding carboxylic acids is 3. The molecule has 1 aromatic carbocycles. The first kappa shape index (κ1) is 15.9. The quantitative estimate of drug-likeness (QED) is 0.827. The van der Waals surface area contributed by atoms with Crippen LogP contribution < -0.4 is 10.6 Å². The largest absolute Gasteiger partial charge is 0.349 e. The van der Waals surface area contributed by atoms with Crippen LogP contribution in [0.4, 0.5) is 5.69 Å². The van der Waals surface area contributed by atoms with Crippen molar-refractivity contribution in [3.8, 4) is 0 Å². The van der Waals surface area contributed by atoms with E-state index >= 15 is 0 Å². The Morgan fingerprint density at radius 2 is 1.83 bits per heavy atom. The molecule has 0 bridgehead atoms. The maximum absolute atomic E-state index is 12.3. The van der Waals surface area contributed by atoms with Gasteiger partial charge in [-0.3, -0.25) is 19.4 Å². The van der Waals surface area contributed by atoms with E-state index in [2.05, 4.69) is 15.6 Å². The van der Waals surface area contributed by atoms with Gasteiger partial charge in [0.1, 0.15) is 5.69 Å². The number of hydrogen-bond acceptors (Lipinski definition) is 4. The molecule has 0 radical (unpaired) electrons. The predicted molar refractivity (Wildman–Crippen MR) is 89.1 cm³/mol. The molecule has 1 aliphatic rings. The molecular weight excluding hydrogens is 306 g/mol. The summed E-state index contributed by atoms with van der Waals surface area (Å²) >= 11 is 0. The molecule has 1 aliphatic carbocycles. The molecule has 2 aromatic rings. The van der Waals surface area contributed by atoms with Crippen LogP contribution in [-0.4, -0.2) is 28.6 Å². The Kier molecular flexibility index (Phi) is 4.37. The molecule has 0 atom stereocenters. The van der Waals surface area contributed by atoms with Gasteiger partial charge in [0.05, 0.1) is 0 Å². The van der Waals surface area contributed by atoms with E-state index in [0.717, 1.165) is 12.8 Å². The Labute approximate surface area is 139 Å². The van der Waals surface area contributed by atoms with Crippen molar-refractivity contribution in [1.82, 2.24) is 10.3 Å². The zero-order valence-electron chi connectivity index (χ0n) is 13.2. The number of pyridine rings is 1. The highest BCUT2D eigenvalue weighted by Crippen LogP contribution is 2.19. The number of benzene rings is 1. The van der Waals surface area contributed by atoms with E-state index in [9.17, 15) is 14.4 Å². The van der Waals surface area contributed by atoms with E-state index in [-0.39, 0.29) is 23.4 Å². The summed E-state index contributed by atoms with van der Waals surface area (Å²) in [7, 11) is 0. The van der Waals surface area contributed by atoms with Crippen molar-refractivity contribution in [2.45, 2.75) is 25.8 Å². The zero-order valence-corrected chi connectivity index (χ0v) is 13.2. The minimum atomic E-state index is -0.434. The van der Waals surface area contributed by atoms with E-state index < -0.39 is 5.91 Å². The molecule has 6 heteroatoms. The first-order valence-electron chi connectivity index (χ1n) is 7.72. The number of carbonyl (C=O) groups is 3. The molecule has 0 unspecified atom stereocenters. The maximum atomic E-state index is 12.3. The SMILES string of the molecule is CC(=O)c1cccc(NC(=O)c2cc(C(=O)NC3CC3)ccn2)c1. The summed E-state index contributed by atoms with van der Waals surface area (Å²) < 4.78 is 0. The number of anilines is 1. The van der Waals surface area contributed by atoms with Crippen molar-refractivity contribution < 1.29 is 14.4 Å². The van der Waals surface area contributed by atoms with Gasteiger partial charge in [-0.05, 0) is 44.0 Å². The van der Waals surface area contributed by atoms with Crippen molar-refractivity contribution in [3.05, 3.63) is 59.4 Å². The molecule has 1 saturated carbocycles. The molecule has 1 fully saturated rings. The fourth-order valence-electron chi connectivity index (χ4n) is 2.20. The van der Waals surface area contributed by atoms with Crippen LogP contribution in [0.3, 0.4) is 0 Å². The monoisotopic (exact) mass is 323 g/mol. The van der Waals surface area contributed by atoms with E-state index in [1.807, 2.05) is 0 Å². The number of ketones is 1. The standard InChI is InChI=1S/C18H17N3O3/c1-11(22)12-3-2-4-15(9-12)21-18(24)16-10-13(7-8-19-16)17(23)20-14-5-6-14/h2-4,7-10,14H,5-6H2,1H3,(H,20,23)(H,21,24). The minimum Gasteiger partial charge on any atom is -0.349 e. The lowest BCUT2D eigenvalue weighted by Crippen LogP contribution is -2.26. The number of rotatable bonds is 5. The third kappa shape index (κ3) is 3.84. The van der Waals surface area contributed by atoms with Gasteiger partial charge >= 0.3 is 0 Å². The Morgan fingerprint density at radius 1 is 1.04 bits per heavy atom. The summed E-state index contributed by atoms with van der Waals surface area (Å²) in [6.07, 6.45) is 3.43. The average Bonchev–Trinajstić information content (AvgIpc) is 3.39. The van der Waals surface area contributed by atoms with Gasteiger partial charge in [0.15, 0.2) is 5.78 Å². The molecule has 0 aliphatic heterocycles. The molecule has 24 heavy (non-hydrogen) atoms. The molecule has 1 aromatic heterocycles. The minimum absolute atomic E-state index is 0.0806. The van der Waals surface area contributed by atoms with E-state index in [1.54, 1.807) is 30.3 Å². The number of amides is 2. The van der Waals surface area contributed by atoms with Gasteiger partial charge in [-0.15, -0.1) is 0 Å². The van der Waals surface area contributed by atoms with Crippen LogP contribution in [0.15, 0.2) is 42.6 Å². The van der Waals surface area contributed by atoms with E-state index in [0.29, 0.717) is 16.8 Å². The normalized spacial score (nSPS) is 13.2. The number of Topliss-reactive ketones (excluding diaryl/α,β-unsaturated/α-hetero) is 1.